The fourth-order valence-corrected chi connectivity index (χ4v) is 4.78. The number of aromatic nitrogens is 1. The molecular formula is C19H23N3O2S2. The number of nitrogens with one attached hydrogen (secondary N) is 1. The fourth-order valence-electron chi connectivity index (χ4n) is 2.77. The standard InChI is InChI=1S/C19H23N3O2S2/c1-13(2)8-17(23)22-12-25-11-16(22)18(24)20-9-15-10-26-19(21-15)14-6-4-3-5-7-14/h3-7,10,13,16H,8-9,11-12H2,1-2H3,(H,20,24)/t16-/m1/s1. The first kappa shape index (κ1) is 18.9. The average Bonchev–Trinajstić information content (AvgIpc) is 3.29. The van der Waals surface area contributed by atoms with Gasteiger partial charge in [0.2, 0.25) is 11.8 Å². The molecule has 26 heavy (non-hydrogen) atoms. The molecule has 2 aromatic rings. The highest BCUT2D eigenvalue weighted by molar-refractivity contribution is 7.99. The van der Waals surface area contributed by atoms with Crippen LogP contribution in [0.5, 0.6) is 0 Å². The minimum atomic E-state index is -0.376. The van der Waals surface area contributed by atoms with E-state index in [1.54, 1.807) is 28.0 Å². The maximum absolute atomic E-state index is 12.6. The summed E-state index contributed by atoms with van der Waals surface area (Å²) < 4.78 is 0. The van der Waals surface area contributed by atoms with E-state index >= 15 is 0 Å². The van der Waals surface area contributed by atoms with Crippen molar-refractivity contribution in [1.29, 1.82) is 0 Å². The summed E-state index contributed by atoms with van der Waals surface area (Å²) in [5.74, 6) is 1.51. The Morgan fingerprint density at radius 3 is 2.81 bits per heavy atom. The molecule has 1 aromatic carbocycles. The van der Waals surface area contributed by atoms with Crippen molar-refractivity contribution in [2.75, 3.05) is 11.6 Å². The molecule has 7 heteroatoms. The van der Waals surface area contributed by atoms with Crippen molar-refractivity contribution in [3.63, 3.8) is 0 Å². The molecule has 0 unspecified atom stereocenters. The predicted molar refractivity (Wildman–Crippen MR) is 107 cm³/mol. The Balaban J connectivity index is 1.57. The lowest BCUT2D eigenvalue weighted by Gasteiger charge is -2.23. The van der Waals surface area contributed by atoms with E-state index in [0.29, 0.717) is 30.5 Å². The van der Waals surface area contributed by atoms with Crippen LogP contribution in [0.3, 0.4) is 0 Å². The van der Waals surface area contributed by atoms with Gasteiger partial charge in [-0.15, -0.1) is 23.1 Å². The Kier molecular flexibility index (Phi) is 6.32. The van der Waals surface area contributed by atoms with Crippen molar-refractivity contribution in [3.8, 4) is 10.6 Å². The highest BCUT2D eigenvalue weighted by atomic mass is 32.2. The predicted octanol–water partition coefficient (Wildman–Crippen LogP) is 3.37. The average molecular weight is 390 g/mol. The third-order valence-corrected chi connectivity index (χ3v) is 6.06. The van der Waals surface area contributed by atoms with Crippen molar-refractivity contribution in [3.05, 3.63) is 41.4 Å². The minimum Gasteiger partial charge on any atom is -0.349 e. The molecule has 0 bridgehead atoms. The lowest BCUT2D eigenvalue weighted by atomic mass is 10.1. The first-order valence-electron chi connectivity index (χ1n) is 8.69. The number of benzene rings is 1. The number of hydrogen-bond donors (Lipinski definition) is 1. The summed E-state index contributed by atoms with van der Waals surface area (Å²) >= 11 is 3.20. The third-order valence-electron chi connectivity index (χ3n) is 4.10. The molecule has 1 aliphatic rings. The molecule has 5 nitrogen and oxygen atoms in total. The maximum Gasteiger partial charge on any atom is 0.244 e. The van der Waals surface area contributed by atoms with Gasteiger partial charge >= 0.3 is 0 Å². The van der Waals surface area contributed by atoms with Crippen LogP contribution in [-0.2, 0) is 16.1 Å². The van der Waals surface area contributed by atoms with E-state index in [0.717, 1.165) is 16.3 Å². The second kappa shape index (κ2) is 8.68. The number of amides is 2. The van der Waals surface area contributed by atoms with Crippen LogP contribution in [0.2, 0.25) is 0 Å². The summed E-state index contributed by atoms with van der Waals surface area (Å²) in [5, 5.41) is 5.85. The third kappa shape index (κ3) is 4.65. The first-order chi connectivity index (χ1) is 12.5. The first-order valence-corrected chi connectivity index (χ1v) is 10.7. The van der Waals surface area contributed by atoms with Crippen molar-refractivity contribution in [2.24, 2.45) is 5.92 Å². The van der Waals surface area contributed by atoms with E-state index < -0.39 is 0 Å². The molecule has 1 saturated heterocycles. The van der Waals surface area contributed by atoms with Crippen molar-refractivity contribution in [1.82, 2.24) is 15.2 Å². The Morgan fingerprint density at radius 1 is 1.31 bits per heavy atom. The van der Waals surface area contributed by atoms with Gasteiger partial charge in [0.15, 0.2) is 0 Å². The van der Waals surface area contributed by atoms with Gasteiger partial charge in [-0.2, -0.15) is 0 Å². The zero-order valence-corrected chi connectivity index (χ0v) is 16.6. The van der Waals surface area contributed by atoms with Crippen molar-refractivity contribution in [2.45, 2.75) is 32.9 Å². The van der Waals surface area contributed by atoms with Gasteiger partial charge in [0.25, 0.3) is 0 Å². The molecule has 0 saturated carbocycles. The number of hydrogen-bond acceptors (Lipinski definition) is 5. The number of thiazole rings is 1. The van der Waals surface area contributed by atoms with Gasteiger partial charge in [0.1, 0.15) is 11.0 Å². The molecule has 1 aliphatic heterocycles. The van der Waals surface area contributed by atoms with E-state index in [9.17, 15) is 9.59 Å². The summed E-state index contributed by atoms with van der Waals surface area (Å²) in [6.45, 7) is 4.42. The second-order valence-corrected chi connectivity index (χ2v) is 8.56. The molecule has 1 aromatic heterocycles. The van der Waals surface area contributed by atoms with E-state index in [1.807, 2.05) is 49.6 Å². The molecule has 1 atom stereocenters. The normalized spacial score (nSPS) is 16.9. The van der Waals surface area contributed by atoms with Gasteiger partial charge in [0, 0.05) is 23.1 Å². The van der Waals surface area contributed by atoms with Gasteiger partial charge in [-0.05, 0) is 5.92 Å². The zero-order chi connectivity index (χ0) is 18.5. The van der Waals surface area contributed by atoms with Crippen LogP contribution in [0.1, 0.15) is 26.0 Å². The molecule has 2 amide bonds. The summed E-state index contributed by atoms with van der Waals surface area (Å²) in [4.78, 5) is 31.2. The van der Waals surface area contributed by atoms with E-state index in [2.05, 4.69) is 10.3 Å². The smallest absolute Gasteiger partial charge is 0.244 e. The highest BCUT2D eigenvalue weighted by Gasteiger charge is 2.34. The van der Waals surface area contributed by atoms with Crippen LogP contribution < -0.4 is 5.32 Å². The van der Waals surface area contributed by atoms with E-state index in [4.69, 9.17) is 0 Å². The topological polar surface area (TPSA) is 62.3 Å². The van der Waals surface area contributed by atoms with Crippen LogP contribution >= 0.6 is 23.1 Å². The van der Waals surface area contributed by atoms with E-state index in [-0.39, 0.29) is 17.9 Å². The Morgan fingerprint density at radius 2 is 2.08 bits per heavy atom. The summed E-state index contributed by atoms with van der Waals surface area (Å²) in [5.41, 5.74) is 1.92. The maximum atomic E-state index is 12.6. The molecule has 2 heterocycles. The molecule has 138 valence electrons. The summed E-state index contributed by atoms with van der Waals surface area (Å²) in [7, 11) is 0. The van der Waals surface area contributed by atoms with Crippen LogP contribution in [0.15, 0.2) is 35.7 Å². The van der Waals surface area contributed by atoms with Crippen LogP contribution in [-0.4, -0.2) is 39.4 Å². The quantitative estimate of drug-likeness (QED) is 0.823. The van der Waals surface area contributed by atoms with Crippen LogP contribution in [0.4, 0.5) is 0 Å². The lowest BCUT2D eigenvalue weighted by molar-refractivity contribution is -0.138. The molecular weight excluding hydrogens is 366 g/mol. The Labute approximate surface area is 162 Å². The Hall–Kier alpha value is -1.86. The number of thioether (sulfide) groups is 1. The molecule has 0 radical (unpaired) electrons. The lowest BCUT2D eigenvalue weighted by Crippen LogP contribution is -2.47. The van der Waals surface area contributed by atoms with Crippen molar-refractivity contribution >= 4 is 34.9 Å². The summed E-state index contributed by atoms with van der Waals surface area (Å²) in [6, 6.07) is 9.62. The van der Waals surface area contributed by atoms with Crippen LogP contribution in [0, 0.1) is 5.92 Å². The number of carbonyl (C=O) groups excluding carboxylic acids is 2. The molecule has 1 fully saturated rings. The second-order valence-electron chi connectivity index (χ2n) is 6.71. The molecule has 1 N–H and O–H groups in total. The van der Waals surface area contributed by atoms with Gasteiger partial charge in [0.05, 0.1) is 18.1 Å². The molecule has 3 rings (SSSR count). The largest absolute Gasteiger partial charge is 0.349 e. The number of nitrogens with zero attached hydrogens (tertiary/aromatic N) is 2. The van der Waals surface area contributed by atoms with Gasteiger partial charge in [-0.25, -0.2) is 4.98 Å². The molecule has 0 aliphatic carbocycles. The van der Waals surface area contributed by atoms with Gasteiger partial charge < -0.3 is 10.2 Å². The van der Waals surface area contributed by atoms with Gasteiger partial charge in [-0.1, -0.05) is 44.2 Å². The zero-order valence-electron chi connectivity index (χ0n) is 15.0. The van der Waals surface area contributed by atoms with Gasteiger partial charge in [-0.3, -0.25) is 9.59 Å². The number of rotatable bonds is 6. The molecule has 0 spiro atoms. The van der Waals surface area contributed by atoms with Crippen LogP contribution in [0.25, 0.3) is 10.6 Å². The van der Waals surface area contributed by atoms with Crippen molar-refractivity contribution < 1.29 is 9.59 Å². The fraction of sp³-hybridized carbons (Fsp3) is 0.421. The summed E-state index contributed by atoms with van der Waals surface area (Å²) in [6.07, 6.45) is 0.483. The minimum absolute atomic E-state index is 0.0603. The number of carbonyl (C=O) groups is 2. The SMILES string of the molecule is CC(C)CC(=O)N1CSC[C@@H]1C(=O)NCc1csc(-c2ccccc2)n1. The van der Waals surface area contributed by atoms with E-state index in [1.165, 1.54) is 0 Å². The monoisotopic (exact) mass is 389 g/mol. The Bertz CT molecular complexity index is 761. The highest BCUT2D eigenvalue weighted by Crippen LogP contribution is 2.24.